The van der Waals surface area contributed by atoms with Gasteiger partial charge in [-0.3, -0.25) is 0 Å². The minimum atomic E-state index is 0.571. The lowest BCUT2D eigenvalue weighted by atomic mass is 10.3. The predicted octanol–water partition coefficient (Wildman–Crippen LogP) is 2.45. The maximum atomic E-state index is 5.59. The molecule has 2 aromatic rings. The van der Waals surface area contributed by atoms with Crippen molar-refractivity contribution in [3.05, 3.63) is 24.5 Å². The number of hydrogen-bond acceptors (Lipinski definition) is 7. The maximum Gasteiger partial charge on any atom is 0.194 e. The zero-order chi connectivity index (χ0) is 14.7. The number of aromatic nitrogens is 2. The normalized spacial score (nSPS) is 12.9. The van der Waals surface area contributed by atoms with Gasteiger partial charge in [0, 0.05) is 11.9 Å². The molecule has 1 aliphatic heterocycles. The molecule has 2 heterocycles. The van der Waals surface area contributed by atoms with Crippen molar-refractivity contribution in [3.8, 4) is 17.2 Å². The number of nitrogens with zero attached hydrogens (tertiary/aromatic N) is 2. The van der Waals surface area contributed by atoms with Crippen LogP contribution in [-0.2, 0) is 0 Å². The van der Waals surface area contributed by atoms with Crippen LogP contribution in [0.2, 0.25) is 0 Å². The van der Waals surface area contributed by atoms with Crippen molar-refractivity contribution < 1.29 is 14.2 Å². The van der Waals surface area contributed by atoms with E-state index < -0.39 is 0 Å². The standard InChI is InChI=1S/C14H15N3O3S/c1-15-13-12(18-2)14(17-8-16-13)21-9-3-4-10-11(7-9)20-6-5-19-10/h3-4,7-8H,5-6H2,1-2H3,(H,15,16,17). The van der Waals surface area contributed by atoms with E-state index >= 15 is 0 Å². The average Bonchev–Trinajstić information content (AvgIpc) is 2.54. The number of rotatable bonds is 4. The zero-order valence-electron chi connectivity index (χ0n) is 11.8. The van der Waals surface area contributed by atoms with Gasteiger partial charge in [0.1, 0.15) is 24.6 Å². The molecule has 0 saturated carbocycles. The third-order valence-corrected chi connectivity index (χ3v) is 3.91. The van der Waals surface area contributed by atoms with Crippen molar-refractivity contribution >= 4 is 17.6 Å². The lowest BCUT2D eigenvalue weighted by Crippen LogP contribution is -2.15. The first kappa shape index (κ1) is 13.8. The molecule has 0 bridgehead atoms. The lowest BCUT2D eigenvalue weighted by Gasteiger charge is -2.18. The Morgan fingerprint density at radius 2 is 2.00 bits per heavy atom. The van der Waals surface area contributed by atoms with Gasteiger partial charge in [0.2, 0.25) is 0 Å². The molecular formula is C14H15N3O3S. The summed E-state index contributed by atoms with van der Waals surface area (Å²) in [5, 5.41) is 3.73. The first-order valence-electron chi connectivity index (χ1n) is 6.46. The molecule has 3 rings (SSSR count). The van der Waals surface area contributed by atoms with Gasteiger partial charge in [-0.05, 0) is 18.2 Å². The Kier molecular flexibility index (Phi) is 4.01. The second-order valence-electron chi connectivity index (χ2n) is 4.22. The van der Waals surface area contributed by atoms with E-state index in [2.05, 4.69) is 15.3 Å². The summed E-state index contributed by atoms with van der Waals surface area (Å²) >= 11 is 1.49. The second kappa shape index (κ2) is 6.09. The summed E-state index contributed by atoms with van der Waals surface area (Å²) in [6, 6.07) is 5.82. The first-order chi connectivity index (χ1) is 10.3. The van der Waals surface area contributed by atoms with Gasteiger partial charge in [-0.15, -0.1) is 0 Å². The van der Waals surface area contributed by atoms with Crippen LogP contribution in [0.4, 0.5) is 5.82 Å². The summed E-state index contributed by atoms with van der Waals surface area (Å²) in [5.74, 6) is 2.82. The van der Waals surface area contributed by atoms with Crippen LogP contribution in [0.5, 0.6) is 17.2 Å². The number of anilines is 1. The average molecular weight is 305 g/mol. The topological polar surface area (TPSA) is 65.5 Å². The first-order valence-corrected chi connectivity index (χ1v) is 7.27. The SMILES string of the molecule is CNc1ncnc(Sc2ccc3c(c2)OCCO3)c1OC. The fourth-order valence-corrected chi connectivity index (χ4v) is 2.89. The molecular weight excluding hydrogens is 290 g/mol. The van der Waals surface area contributed by atoms with Crippen LogP contribution in [0, 0.1) is 0 Å². The number of fused-ring (bicyclic) bond motifs is 1. The minimum absolute atomic E-state index is 0.571. The number of nitrogens with one attached hydrogen (secondary N) is 1. The summed E-state index contributed by atoms with van der Waals surface area (Å²) in [6.45, 7) is 1.16. The Hall–Kier alpha value is -2.15. The quantitative estimate of drug-likeness (QED) is 0.870. The molecule has 1 aromatic carbocycles. The van der Waals surface area contributed by atoms with Crippen LogP contribution in [0.25, 0.3) is 0 Å². The lowest BCUT2D eigenvalue weighted by molar-refractivity contribution is 0.171. The summed E-state index contributed by atoms with van der Waals surface area (Å²) in [7, 11) is 3.40. The summed E-state index contributed by atoms with van der Waals surface area (Å²) < 4.78 is 16.5. The fraction of sp³-hybridized carbons (Fsp3) is 0.286. The molecule has 7 heteroatoms. The largest absolute Gasteiger partial charge is 0.490 e. The van der Waals surface area contributed by atoms with E-state index in [0.717, 1.165) is 21.4 Å². The van der Waals surface area contributed by atoms with E-state index in [4.69, 9.17) is 14.2 Å². The zero-order valence-corrected chi connectivity index (χ0v) is 12.6. The number of methoxy groups -OCH3 is 1. The van der Waals surface area contributed by atoms with E-state index in [9.17, 15) is 0 Å². The van der Waals surface area contributed by atoms with Gasteiger partial charge in [0.15, 0.2) is 23.1 Å². The Bertz CT molecular complexity index is 651. The molecule has 0 atom stereocenters. The van der Waals surface area contributed by atoms with Crippen LogP contribution >= 0.6 is 11.8 Å². The number of ether oxygens (including phenoxy) is 3. The predicted molar refractivity (Wildman–Crippen MR) is 79.7 cm³/mol. The molecule has 1 aliphatic rings. The van der Waals surface area contributed by atoms with Crippen LogP contribution in [-0.4, -0.2) is 37.3 Å². The molecule has 0 spiro atoms. The third-order valence-electron chi connectivity index (χ3n) is 2.94. The van der Waals surface area contributed by atoms with E-state index in [1.807, 2.05) is 18.2 Å². The van der Waals surface area contributed by atoms with Crippen molar-refractivity contribution in [1.29, 1.82) is 0 Å². The highest BCUT2D eigenvalue weighted by Crippen LogP contribution is 2.40. The molecule has 0 amide bonds. The van der Waals surface area contributed by atoms with Gasteiger partial charge in [-0.2, -0.15) is 0 Å². The van der Waals surface area contributed by atoms with E-state index in [1.165, 1.54) is 18.1 Å². The monoisotopic (exact) mass is 305 g/mol. The minimum Gasteiger partial charge on any atom is -0.490 e. The molecule has 0 aliphatic carbocycles. The molecule has 0 unspecified atom stereocenters. The summed E-state index contributed by atoms with van der Waals surface area (Å²) in [4.78, 5) is 9.41. The molecule has 1 N–H and O–H groups in total. The van der Waals surface area contributed by atoms with Crippen LogP contribution in [0.1, 0.15) is 0 Å². The second-order valence-corrected chi connectivity index (χ2v) is 5.28. The highest BCUT2D eigenvalue weighted by Gasteiger charge is 2.15. The van der Waals surface area contributed by atoms with Crippen molar-refractivity contribution in [2.75, 3.05) is 32.7 Å². The number of benzene rings is 1. The van der Waals surface area contributed by atoms with E-state index in [-0.39, 0.29) is 0 Å². The van der Waals surface area contributed by atoms with Gasteiger partial charge in [0.05, 0.1) is 7.11 Å². The van der Waals surface area contributed by atoms with Crippen molar-refractivity contribution in [2.45, 2.75) is 9.92 Å². The van der Waals surface area contributed by atoms with E-state index in [0.29, 0.717) is 24.8 Å². The van der Waals surface area contributed by atoms with Gasteiger partial charge < -0.3 is 19.5 Å². The van der Waals surface area contributed by atoms with Crippen LogP contribution in [0.15, 0.2) is 34.4 Å². The molecule has 0 fully saturated rings. The summed E-state index contributed by atoms with van der Waals surface area (Å²) in [6.07, 6.45) is 1.51. The Balaban J connectivity index is 1.90. The highest BCUT2D eigenvalue weighted by molar-refractivity contribution is 7.99. The van der Waals surface area contributed by atoms with Crippen LogP contribution < -0.4 is 19.5 Å². The van der Waals surface area contributed by atoms with Crippen molar-refractivity contribution in [3.63, 3.8) is 0 Å². The third kappa shape index (κ3) is 2.82. The van der Waals surface area contributed by atoms with Crippen LogP contribution in [0.3, 0.4) is 0 Å². The molecule has 110 valence electrons. The van der Waals surface area contributed by atoms with Gasteiger partial charge in [-0.1, -0.05) is 11.8 Å². The maximum absolute atomic E-state index is 5.59. The van der Waals surface area contributed by atoms with Crippen molar-refractivity contribution in [1.82, 2.24) is 9.97 Å². The summed E-state index contributed by atoms with van der Waals surface area (Å²) in [5.41, 5.74) is 0. The molecule has 0 saturated heterocycles. The molecule has 1 aromatic heterocycles. The molecule has 21 heavy (non-hydrogen) atoms. The van der Waals surface area contributed by atoms with Gasteiger partial charge in [0.25, 0.3) is 0 Å². The van der Waals surface area contributed by atoms with Gasteiger partial charge >= 0.3 is 0 Å². The Morgan fingerprint density at radius 3 is 2.76 bits per heavy atom. The van der Waals surface area contributed by atoms with Crippen molar-refractivity contribution in [2.24, 2.45) is 0 Å². The molecule has 6 nitrogen and oxygen atoms in total. The van der Waals surface area contributed by atoms with Gasteiger partial charge in [-0.25, -0.2) is 9.97 Å². The fourth-order valence-electron chi connectivity index (χ4n) is 1.99. The number of hydrogen-bond donors (Lipinski definition) is 1. The Morgan fingerprint density at radius 1 is 1.19 bits per heavy atom. The molecule has 0 radical (unpaired) electrons. The highest BCUT2D eigenvalue weighted by atomic mass is 32.2. The smallest absolute Gasteiger partial charge is 0.194 e. The van der Waals surface area contributed by atoms with E-state index in [1.54, 1.807) is 14.2 Å². The Labute approximate surface area is 126 Å².